The van der Waals surface area contributed by atoms with Crippen molar-refractivity contribution in [3.8, 4) is 28.6 Å². The van der Waals surface area contributed by atoms with E-state index in [1.165, 1.54) is 25.1 Å². The number of nitrogens with two attached hydrogens (primary N) is 1. The highest BCUT2D eigenvalue weighted by atomic mass is 79.9. The zero-order chi connectivity index (χ0) is 26.9. The van der Waals surface area contributed by atoms with Crippen LogP contribution in [0.15, 0.2) is 87.5 Å². The third-order valence-electron chi connectivity index (χ3n) is 5.02. The molecular formula is C26H23BrN6O4S. The third kappa shape index (κ3) is 6.99. The number of primary amides is 1. The van der Waals surface area contributed by atoms with E-state index in [4.69, 9.17) is 15.2 Å². The molecule has 0 spiro atoms. The van der Waals surface area contributed by atoms with Gasteiger partial charge in [-0.15, -0.1) is 10.2 Å². The molecule has 38 heavy (non-hydrogen) atoms. The van der Waals surface area contributed by atoms with Crippen molar-refractivity contribution >= 4 is 45.7 Å². The number of methoxy groups -OCH3 is 1. The first-order valence-corrected chi connectivity index (χ1v) is 13.0. The minimum atomic E-state index is -0.593. The average Bonchev–Trinajstić information content (AvgIpc) is 3.35. The number of rotatable bonds is 11. The molecule has 0 bridgehead atoms. The molecule has 0 aliphatic carbocycles. The average molecular weight is 595 g/mol. The summed E-state index contributed by atoms with van der Waals surface area (Å²) < 4.78 is 13.4. The van der Waals surface area contributed by atoms with Gasteiger partial charge in [-0.2, -0.15) is 5.10 Å². The van der Waals surface area contributed by atoms with Crippen molar-refractivity contribution in [3.05, 3.63) is 82.8 Å². The van der Waals surface area contributed by atoms with Crippen LogP contribution in [0.2, 0.25) is 0 Å². The van der Waals surface area contributed by atoms with Crippen LogP contribution < -0.4 is 20.6 Å². The lowest BCUT2D eigenvalue weighted by Crippen LogP contribution is -2.20. The predicted octanol–water partition coefficient (Wildman–Crippen LogP) is 3.81. The summed E-state index contributed by atoms with van der Waals surface area (Å²) in [6, 6.07) is 22.5. The van der Waals surface area contributed by atoms with Crippen LogP contribution in [0, 0.1) is 0 Å². The number of hydrogen-bond donors (Lipinski definition) is 2. The van der Waals surface area contributed by atoms with Gasteiger partial charge in [0.15, 0.2) is 29.1 Å². The van der Waals surface area contributed by atoms with Crippen molar-refractivity contribution in [1.82, 2.24) is 20.2 Å². The second kappa shape index (κ2) is 12.9. The first-order valence-electron chi connectivity index (χ1n) is 11.2. The number of hydrogen-bond acceptors (Lipinski definition) is 8. The van der Waals surface area contributed by atoms with E-state index in [-0.39, 0.29) is 18.3 Å². The molecule has 12 heteroatoms. The van der Waals surface area contributed by atoms with Crippen molar-refractivity contribution in [1.29, 1.82) is 0 Å². The number of hydrazone groups is 1. The minimum absolute atomic E-state index is 0.0734. The summed E-state index contributed by atoms with van der Waals surface area (Å²) in [4.78, 5) is 23.4. The van der Waals surface area contributed by atoms with E-state index in [0.29, 0.717) is 28.0 Å². The number of halogens is 1. The van der Waals surface area contributed by atoms with E-state index in [1.807, 2.05) is 59.2 Å². The molecule has 2 amide bonds. The van der Waals surface area contributed by atoms with Gasteiger partial charge >= 0.3 is 0 Å². The molecular weight excluding hydrogens is 572 g/mol. The summed E-state index contributed by atoms with van der Waals surface area (Å²) in [5.74, 6) is 0.600. The van der Waals surface area contributed by atoms with Crippen molar-refractivity contribution in [2.75, 3.05) is 19.5 Å². The number of carbonyl (C=O) groups excluding carboxylic acids is 2. The zero-order valence-corrected chi connectivity index (χ0v) is 22.6. The number of nitrogens with one attached hydrogen (secondary N) is 1. The van der Waals surface area contributed by atoms with Crippen LogP contribution in [-0.2, 0) is 9.59 Å². The Morgan fingerprint density at radius 2 is 1.89 bits per heavy atom. The standard InChI is InChI=1S/C26H23BrN6O4S/c1-36-22-12-17(10-11-21(22)37-15-23(28)34)14-29-30-24(35)16-38-26-32-31-25(18-6-5-7-19(27)13-18)33(26)20-8-3-2-4-9-20/h2-14H,15-16H2,1H3,(H2,28,34)(H,30,35). The summed E-state index contributed by atoms with van der Waals surface area (Å²) in [6.07, 6.45) is 1.47. The maximum absolute atomic E-state index is 12.5. The predicted molar refractivity (Wildman–Crippen MR) is 149 cm³/mol. The molecule has 0 saturated heterocycles. The van der Waals surface area contributed by atoms with Crippen LogP contribution in [-0.4, -0.2) is 52.3 Å². The van der Waals surface area contributed by atoms with Crippen LogP contribution in [0.25, 0.3) is 17.1 Å². The SMILES string of the molecule is COc1cc(C=NNC(=O)CSc2nnc(-c3cccc(Br)c3)n2-c2ccccc2)ccc1OCC(N)=O. The van der Waals surface area contributed by atoms with Crippen LogP contribution in [0.5, 0.6) is 11.5 Å². The number of benzene rings is 3. The largest absolute Gasteiger partial charge is 0.493 e. The first-order chi connectivity index (χ1) is 18.4. The number of nitrogens with zero attached hydrogens (tertiary/aromatic N) is 4. The Hall–Kier alpha value is -4.16. The van der Waals surface area contributed by atoms with Crippen LogP contribution >= 0.6 is 27.7 Å². The van der Waals surface area contributed by atoms with E-state index < -0.39 is 5.91 Å². The fourth-order valence-corrected chi connectivity index (χ4v) is 4.51. The van der Waals surface area contributed by atoms with Crippen molar-refractivity contribution in [2.24, 2.45) is 10.8 Å². The number of amides is 2. The molecule has 0 saturated carbocycles. The second-order valence-electron chi connectivity index (χ2n) is 7.73. The molecule has 0 aliphatic rings. The normalized spacial score (nSPS) is 10.9. The number of thioether (sulfide) groups is 1. The Morgan fingerprint density at radius 1 is 1.08 bits per heavy atom. The molecule has 1 aromatic heterocycles. The zero-order valence-electron chi connectivity index (χ0n) is 20.2. The Bertz CT molecular complexity index is 1460. The number of carbonyl (C=O) groups is 2. The number of para-hydroxylation sites is 1. The molecule has 10 nitrogen and oxygen atoms in total. The van der Waals surface area contributed by atoms with E-state index in [0.717, 1.165) is 15.7 Å². The molecule has 0 radical (unpaired) electrons. The lowest BCUT2D eigenvalue weighted by atomic mass is 10.2. The maximum atomic E-state index is 12.5. The highest BCUT2D eigenvalue weighted by molar-refractivity contribution is 9.10. The van der Waals surface area contributed by atoms with E-state index in [9.17, 15) is 9.59 Å². The number of ether oxygens (including phenoxy) is 2. The summed E-state index contributed by atoms with van der Waals surface area (Å²) in [7, 11) is 1.47. The monoisotopic (exact) mass is 594 g/mol. The van der Waals surface area contributed by atoms with Gasteiger partial charge < -0.3 is 15.2 Å². The van der Waals surface area contributed by atoms with E-state index in [1.54, 1.807) is 18.2 Å². The van der Waals surface area contributed by atoms with Gasteiger partial charge in [0, 0.05) is 15.7 Å². The molecule has 4 rings (SSSR count). The quantitative estimate of drug-likeness (QED) is 0.153. The second-order valence-corrected chi connectivity index (χ2v) is 9.59. The Labute approximate surface area is 231 Å². The molecule has 4 aromatic rings. The van der Waals surface area contributed by atoms with Gasteiger partial charge in [0.1, 0.15) is 0 Å². The van der Waals surface area contributed by atoms with Gasteiger partial charge in [0.2, 0.25) is 0 Å². The van der Waals surface area contributed by atoms with Gasteiger partial charge in [0.25, 0.3) is 11.8 Å². The molecule has 1 heterocycles. The Balaban J connectivity index is 1.43. The smallest absolute Gasteiger partial charge is 0.255 e. The molecule has 0 fully saturated rings. The van der Waals surface area contributed by atoms with Gasteiger partial charge in [-0.25, -0.2) is 5.43 Å². The number of aromatic nitrogens is 3. The van der Waals surface area contributed by atoms with Gasteiger partial charge in [-0.05, 0) is 48.0 Å². The van der Waals surface area contributed by atoms with Crippen molar-refractivity contribution in [3.63, 3.8) is 0 Å². The van der Waals surface area contributed by atoms with Crippen LogP contribution in [0.3, 0.4) is 0 Å². The van der Waals surface area contributed by atoms with Crippen molar-refractivity contribution < 1.29 is 19.1 Å². The maximum Gasteiger partial charge on any atom is 0.255 e. The highest BCUT2D eigenvalue weighted by Gasteiger charge is 2.17. The first kappa shape index (κ1) is 26.9. The highest BCUT2D eigenvalue weighted by Crippen LogP contribution is 2.29. The minimum Gasteiger partial charge on any atom is -0.493 e. The molecule has 194 valence electrons. The molecule has 3 aromatic carbocycles. The molecule has 3 N–H and O–H groups in total. The fourth-order valence-electron chi connectivity index (χ4n) is 3.36. The summed E-state index contributed by atoms with van der Waals surface area (Å²) in [5.41, 5.74) is 10.0. The molecule has 0 atom stereocenters. The Morgan fingerprint density at radius 3 is 2.63 bits per heavy atom. The topological polar surface area (TPSA) is 134 Å². The summed E-state index contributed by atoms with van der Waals surface area (Å²) in [6.45, 7) is -0.264. The molecule has 0 aliphatic heterocycles. The lowest BCUT2D eigenvalue weighted by molar-refractivity contribution is -0.120. The summed E-state index contributed by atoms with van der Waals surface area (Å²) in [5, 5.41) is 13.3. The summed E-state index contributed by atoms with van der Waals surface area (Å²) >= 11 is 4.75. The van der Waals surface area contributed by atoms with Gasteiger partial charge in [-0.1, -0.05) is 58.0 Å². The van der Waals surface area contributed by atoms with Crippen LogP contribution in [0.1, 0.15) is 5.56 Å². The lowest BCUT2D eigenvalue weighted by Gasteiger charge is -2.10. The van der Waals surface area contributed by atoms with Crippen LogP contribution in [0.4, 0.5) is 0 Å². The van der Waals surface area contributed by atoms with E-state index in [2.05, 4.69) is 36.7 Å². The van der Waals surface area contributed by atoms with Gasteiger partial charge in [0.05, 0.1) is 19.1 Å². The van der Waals surface area contributed by atoms with E-state index >= 15 is 0 Å². The van der Waals surface area contributed by atoms with Crippen molar-refractivity contribution in [2.45, 2.75) is 5.16 Å². The third-order valence-corrected chi connectivity index (χ3v) is 6.45. The Kier molecular flexibility index (Phi) is 9.11. The molecule has 0 unspecified atom stereocenters. The van der Waals surface area contributed by atoms with Gasteiger partial charge in [-0.3, -0.25) is 14.2 Å². The fraction of sp³-hybridized carbons (Fsp3) is 0.115.